The lowest BCUT2D eigenvalue weighted by molar-refractivity contribution is -0.147. The van der Waals surface area contributed by atoms with Crippen molar-refractivity contribution in [2.24, 2.45) is 0 Å². The van der Waals surface area contributed by atoms with Crippen LogP contribution in [0.25, 0.3) is 0 Å². The number of carbonyl (C=O) groups is 2. The quantitative estimate of drug-likeness (QED) is 0.318. The summed E-state index contributed by atoms with van der Waals surface area (Å²) in [7, 11) is -3.84. The third-order valence-corrected chi connectivity index (χ3v) is 5.47. The van der Waals surface area contributed by atoms with Crippen LogP contribution in [0, 0.1) is 0 Å². The fraction of sp³-hybridized carbons (Fsp3) is 0.263. The van der Waals surface area contributed by atoms with Gasteiger partial charge < -0.3 is 19.3 Å². The van der Waals surface area contributed by atoms with Crippen molar-refractivity contribution in [1.82, 2.24) is 0 Å². The van der Waals surface area contributed by atoms with Crippen molar-refractivity contribution in [2.75, 3.05) is 25.3 Å². The van der Waals surface area contributed by atoms with Crippen LogP contribution in [0.2, 0.25) is 5.02 Å². The number of halogens is 5. The Morgan fingerprint density at radius 1 is 1.18 bits per heavy atom. The Bertz CT molecular complexity index is 1190. The van der Waals surface area contributed by atoms with Crippen LogP contribution < -0.4 is 9.64 Å². The molecule has 3 rings (SSSR count). The van der Waals surface area contributed by atoms with Gasteiger partial charge in [0.05, 0.1) is 18.4 Å². The minimum absolute atomic E-state index is 0.00792. The normalized spacial score (nSPS) is 18.1. The minimum atomic E-state index is -5.03. The second kappa shape index (κ2) is 9.16. The predicted octanol–water partition coefficient (Wildman–Crippen LogP) is 3.54. The highest BCUT2D eigenvalue weighted by molar-refractivity contribution is 7.46. The highest BCUT2D eigenvalue weighted by atomic mass is 35.5. The van der Waals surface area contributed by atoms with Crippen molar-refractivity contribution in [3.8, 4) is 5.75 Å². The Morgan fingerprint density at radius 2 is 1.85 bits per heavy atom. The summed E-state index contributed by atoms with van der Waals surface area (Å²) < 4.78 is 80.8. The van der Waals surface area contributed by atoms with Gasteiger partial charge in [-0.25, -0.2) is 13.8 Å². The Kier molecular flexibility index (Phi) is 6.98. The summed E-state index contributed by atoms with van der Waals surface area (Å²) in [5, 5.41) is 0.00792. The highest BCUT2D eigenvalue weighted by Gasteiger charge is 2.55. The lowest BCUT2D eigenvalue weighted by atomic mass is 9.88. The number of benzene rings is 2. The monoisotopic (exact) mass is 527 g/mol. The number of amides is 1. The Hall–Kier alpha value is -2.70. The van der Waals surface area contributed by atoms with Crippen LogP contribution in [0.1, 0.15) is 16.7 Å². The predicted molar refractivity (Wildman–Crippen MR) is 108 cm³/mol. The molecule has 0 aromatic heterocycles. The summed E-state index contributed by atoms with van der Waals surface area (Å²) >= 11 is 5.94. The van der Waals surface area contributed by atoms with Crippen LogP contribution in [0.4, 0.5) is 23.2 Å². The molecule has 0 radical (unpaired) electrons. The van der Waals surface area contributed by atoms with Crippen LogP contribution in [-0.2, 0) is 35.3 Å². The SMILES string of the molecule is COc1ccc(Cl)cc1[C@]1(F)C(=O)N(COC(=O)COP(=O)(O)O)c2cc(C(F)(F)F)ccc21. The van der Waals surface area contributed by atoms with E-state index in [-0.39, 0.29) is 10.8 Å². The molecule has 0 bridgehead atoms. The number of methoxy groups -OCH3 is 1. The number of rotatable bonds is 7. The van der Waals surface area contributed by atoms with Crippen LogP contribution in [-0.4, -0.2) is 42.1 Å². The van der Waals surface area contributed by atoms with E-state index in [2.05, 4.69) is 9.26 Å². The Balaban J connectivity index is 2.06. The Morgan fingerprint density at radius 3 is 2.44 bits per heavy atom. The van der Waals surface area contributed by atoms with Gasteiger partial charge in [-0.3, -0.25) is 14.2 Å². The molecule has 0 fully saturated rings. The van der Waals surface area contributed by atoms with E-state index in [9.17, 15) is 27.3 Å². The number of carbonyl (C=O) groups excluding carboxylic acids is 2. The maximum atomic E-state index is 16.5. The highest BCUT2D eigenvalue weighted by Crippen LogP contribution is 2.51. The molecule has 2 N–H and O–H groups in total. The molecule has 9 nitrogen and oxygen atoms in total. The zero-order chi connectivity index (χ0) is 25.5. The molecule has 0 spiro atoms. The van der Waals surface area contributed by atoms with E-state index in [1.165, 1.54) is 19.2 Å². The third kappa shape index (κ3) is 5.03. The molecule has 1 aliphatic heterocycles. The molecule has 0 unspecified atom stereocenters. The molecule has 0 saturated carbocycles. The van der Waals surface area contributed by atoms with Gasteiger partial charge in [0, 0.05) is 16.1 Å². The summed E-state index contributed by atoms with van der Waals surface area (Å²) in [6.07, 6.45) is -4.84. The minimum Gasteiger partial charge on any atom is -0.496 e. The number of hydrogen-bond acceptors (Lipinski definition) is 6. The summed E-state index contributed by atoms with van der Waals surface area (Å²) in [6.45, 7) is -2.31. The first kappa shape index (κ1) is 25.9. The average molecular weight is 528 g/mol. The van der Waals surface area contributed by atoms with E-state index in [0.717, 1.165) is 12.1 Å². The summed E-state index contributed by atoms with van der Waals surface area (Å²) in [6, 6.07) is 5.55. The smallest absolute Gasteiger partial charge is 0.470 e. The van der Waals surface area contributed by atoms with E-state index in [4.69, 9.17) is 26.1 Å². The molecular formula is C19H15ClF4NO8P. The van der Waals surface area contributed by atoms with E-state index < -0.39 is 67.3 Å². The molecule has 15 heteroatoms. The van der Waals surface area contributed by atoms with Crippen LogP contribution >= 0.6 is 19.4 Å². The third-order valence-electron chi connectivity index (χ3n) is 4.76. The van der Waals surface area contributed by atoms with Crippen LogP contribution in [0.15, 0.2) is 36.4 Å². The number of anilines is 1. The van der Waals surface area contributed by atoms with Crippen molar-refractivity contribution in [3.63, 3.8) is 0 Å². The summed E-state index contributed by atoms with van der Waals surface area (Å²) in [5.41, 5.74) is -5.71. The number of alkyl halides is 4. The Labute approximate surface area is 194 Å². The first-order valence-corrected chi connectivity index (χ1v) is 11.0. The standard InChI is InChI=1S/C19H15ClF4NO8P/c1-31-15-5-3-11(20)7-13(15)18(21)12-4-2-10(19(22,23)24)6-14(12)25(17(18)27)9-32-16(26)8-33-34(28,29)30/h2-7H,8-9H2,1H3,(H2,28,29,30)/t18-/m0/s1. The lowest BCUT2D eigenvalue weighted by Gasteiger charge is -2.23. The van der Waals surface area contributed by atoms with Gasteiger partial charge >= 0.3 is 20.0 Å². The van der Waals surface area contributed by atoms with Gasteiger partial charge in [-0.1, -0.05) is 17.7 Å². The van der Waals surface area contributed by atoms with E-state index in [1.807, 2.05) is 0 Å². The zero-order valence-electron chi connectivity index (χ0n) is 17.0. The fourth-order valence-corrected chi connectivity index (χ4v) is 3.73. The molecule has 2 aromatic rings. The number of fused-ring (bicyclic) bond motifs is 1. The maximum Gasteiger partial charge on any atom is 0.470 e. The topological polar surface area (TPSA) is 123 Å². The molecule has 1 heterocycles. The number of phosphoric ester groups is 1. The first-order chi connectivity index (χ1) is 15.7. The largest absolute Gasteiger partial charge is 0.496 e. The molecule has 0 saturated heterocycles. The molecular weight excluding hydrogens is 513 g/mol. The van der Waals surface area contributed by atoms with Gasteiger partial charge in [0.25, 0.3) is 5.91 Å². The van der Waals surface area contributed by atoms with Crippen molar-refractivity contribution < 1.29 is 55.5 Å². The number of phosphoric acid groups is 1. The number of nitrogens with zero attached hydrogens (tertiary/aromatic N) is 1. The number of hydrogen-bond donors (Lipinski definition) is 2. The molecule has 184 valence electrons. The number of esters is 1. The van der Waals surface area contributed by atoms with Gasteiger partial charge in [0.2, 0.25) is 5.67 Å². The van der Waals surface area contributed by atoms with Gasteiger partial charge in [-0.2, -0.15) is 13.2 Å². The van der Waals surface area contributed by atoms with Gasteiger partial charge in [0.15, 0.2) is 13.3 Å². The van der Waals surface area contributed by atoms with Crippen molar-refractivity contribution in [2.45, 2.75) is 11.8 Å². The lowest BCUT2D eigenvalue weighted by Crippen LogP contribution is -2.40. The second-order valence-corrected chi connectivity index (χ2v) is 8.55. The van der Waals surface area contributed by atoms with E-state index in [0.29, 0.717) is 17.0 Å². The van der Waals surface area contributed by atoms with Gasteiger partial charge in [-0.05, 0) is 30.3 Å². The van der Waals surface area contributed by atoms with Crippen LogP contribution in [0.3, 0.4) is 0 Å². The molecule has 1 aliphatic rings. The molecule has 1 amide bonds. The van der Waals surface area contributed by atoms with E-state index in [1.54, 1.807) is 0 Å². The summed E-state index contributed by atoms with van der Waals surface area (Å²) in [4.78, 5) is 42.6. The second-order valence-electron chi connectivity index (χ2n) is 6.88. The average Bonchev–Trinajstić information content (AvgIpc) is 2.96. The van der Waals surface area contributed by atoms with Crippen LogP contribution in [0.5, 0.6) is 5.75 Å². The van der Waals surface area contributed by atoms with Gasteiger partial charge in [-0.15, -0.1) is 0 Å². The first-order valence-electron chi connectivity index (χ1n) is 9.11. The zero-order valence-corrected chi connectivity index (χ0v) is 18.7. The molecule has 1 atom stereocenters. The van der Waals surface area contributed by atoms with Crippen molar-refractivity contribution >= 4 is 37.0 Å². The maximum absolute atomic E-state index is 16.5. The fourth-order valence-electron chi connectivity index (χ4n) is 3.29. The van der Waals surface area contributed by atoms with E-state index >= 15 is 4.39 Å². The summed E-state index contributed by atoms with van der Waals surface area (Å²) in [5.74, 6) is -2.91. The molecule has 2 aromatic carbocycles. The number of ether oxygens (including phenoxy) is 2. The molecule has 34 heavy (non-hydrogen) atoms. The van der Waals surface area contributed by atoms with Crippen molar-refractivity contribution in [1.29, 1.82) is 0 Å². The van der Waals surface area contributed by atoms with Gasteiger partial charge in [0.1, 0.15) is 5.75 Å². The molecule has 0 aliphatic carbocycles. The van der Waals surface area contributed by atoms with Crippen molar-refractivity contribution in [3.05, 3.63) is 58.1 Å².